The fourth-order valence-electron chi connectivity index (χ4n) is 3.96. The third-order valence-corrected chi connectivity index (χ3v) is 5.74. The fraction of sp³-hybridized carbons (Fsp3) is 0.261. The Balaban J connectivity index is 1.44. The highest BCUT2D eigenvalue weighted by Gasteiger charge is 2.39. The summed E-state index contributed by atoms with van der Waals surface area (Å²) >= 11 is 0. The van der Waals surface area contributed by atoms with E-state index in [-0.39, 0.29) is 23.2 Å². The molecule has 0 N–H and O–H groups in total. The maximum atomic E-state index is 13.6. The van der Waals surface area contributed by atoms with Crippen molar-refractivity contribution in [2.45, 2.75) is 25.7 Å². The fourth-order valence-corrected chi connectivity index (χ4v) is 3.96. The van der Waals surface area contributed by atoms with Crippen LogP contribution in [0.3, 0.4) is 0 Å². The number of para-hydroxylation sites is 1. The van der Waals surface area contributed by atoms with Gasteiger partial charge < -0.3 is 18.9 Å². The van der Waals surface area contributed by atoms with E-state index in [0.29, 0.717) is 30.0 Å². The van der Waals surface area contributed by atoms with Crippen molar-refractivity contribution in [1.82, 2.24) is 30.0 Å². The minimum absolute atomic E-state index is 0.0114. The van der Waals surface area contributed by atoms with E-state index in [0.717, 1.165) is 11.6 Å². The molecule has 0 unspecified atom stereocenters. The molecule has 1 saturated heterocycles. The number of halogens is 3. The van der Waals surface area contributed by atoms with Crippen molar-refractivity contribution >= 4 is 5.91 Å². The minimum atomic E-state index is -4.88. The van der Waals surface area contributed by atoms with Gasteiger partial charge >= 0.3 is 6.36 Å². The van der Waals surface area contributed by atoms with Gasteiger partial charge in [-0.25, -0.2) is 0 Å². The van der Waals surface area contributed by atoms with Crippen LogP contribution in [0.15, 0.2) is 53.3 Å². The van der Waals surface area contributed by atoms with Gasteiger partial charge in [0.25, 0.3) is 5.91 Å². The molecule has 0 aliphatic carbocycles. The Bertz CT molecular complexity index is 1400. The Morgan fingerprint density at radius 2 is 1.89 bits per heavy atom. The molecule has 5 rings (SSSR count). The van der Waals surface area contributed by atoms with E-state index in [2.05, 4.69) is 25.1 Å². The molecule has 3 heterocycles. The molecule has 1 amide bonds. The molecule has 36 heavy (non-hydrogen) atoms. The van der Waals surface area contributed by atoms with Gasteiger partial charge in [-0.2, -0.15) is 20.0 Å². The number of methoxy groups -OCH3 is 1. The first kappa shape index (κ1) is 23.3. The summed E-state index contributed by atoms with van der Waals surface area (Å²) in [7, 11) is 1.51. The van der Waals surface area contributed by atoms with Crippen molar-refractivity contribution < 1.29 is 32.0 Å². The summed E-state index contributed by atoms with van der Waals surface area (Å²) in [5, 5.41) is 12.1. The van der Waals surface area contributed by atoms with E-state index in [1.165, 1.54) is 47.4 Å². The molecule has 0 spiro atoms. The lowest BCUT2D eigenvalue weighted by atomic mass is 9.99. The number of ether oxygens (including phenoxy) is 2. The Kier molecular flexibility index (Phi) is 5.82. The molecular formula is C23H19F3N6O4. The minimum Gasteiger partial charge on any atom is -0.496 e. The summed E-state index contributed by atoms with van der Waals surface area (Å²) < 4.78 is 53.2. The lowest BCUT2D eigenvalue weighted by Gasteiger charge is -2.38. The van der Waals surface area contributed by atoms with Crippen LogP contribution in [0.25, 0.3) is 17.1 Å². The highest BCUT2D eigenvalue weighted by Crippen LogP contribution is 2.38. The molecule has 1 atom stereocenters. The van der Waals surface area contributed by atoms with Crippen LogP contribution < -0.4 is 9.47 Å². The molecule has 1 aliphatic rings. The largest absolute Gasteiger partial charge is 0.573 e. The molecule has 10 nitrogen and oxygen atoms in total. The van der Waals surface area contributed by atoms with Crippen LogP contribution in [0.2, 0.25) is 0 Å². The number of benzene rings is 2. The first-order chi connectivity index (χ1) is 17.2. The maximum absolute atomic E-state index is 13.6. The van der Waals surface area contributed by atoms with E-state index in [1.54, 1.807) is 12.1 Å². The average Bonchev–Trinajstić information content (AvgIpc) is 3.50. The molecule has 1 aliphatic heterocycles. The topological polar surface area (TPSA) is 108 Å². The summed E-state index contributed by atoms with van der Waals surface area (Å²) in [6.07, 6.45) is -1.34. The number of likely N-dealkylation sites (tertiary alicyclic amines) is 1. The van der Waals surface area contributed by atoms with Crippen LogP contribution in [0.1, 0.15) is 34.3 Å². The number of rotatable bonds is 6. The number of hydrogen-bond donors (Lipinski definition) is 0. The monoisotopic (exact) mass is 500 g/mol. The van der Waals surface area contributed by atoms with Gasteiger partial charge in [-0.3, -0.25) is 4.79 Å². The number of alkyl halides is 3. The van der Waals surface area contributed by atoms with Gasteiger partial charge in [0.2, 0.25) is 11.7 Å². The van der Waals surface area contributed by atoms with Crippen molar-refractivity contribution in [3.05, 3.63) is 65.8 Å². The van der Waals surface area contributed by atoms with Crippen molar-refractivity contribution in [1.29, 1.82) is 0 Å². The van der Waals surface area contributed by atoms with Crippen LogP contribution in [0.5, 0.6) is 11.5 Å². The smallest absolute Gasteiger partial charge is 0.496 e. The van der Waals surface area contributed by atoms with E-state index in [4.69, 9.17) is 9.26 Å². The molecule has 2 aromatic heterocycles. The average molecular weight is 500 g/mol. The first-order valence-corrected chi connectivity index (χ1v) is 10.8. The number of amides is 1. The zero-order chi connectivity index (χ0) is 25.4. The summed E-state index contributed by atoms with van der Waals surface area (Å²) in [5.74, 6) is -0.251. The summed E-state index contributed by atoms with van der Waals surface area (Å²) in [6.45, 7) is 2.25. The predicted molar refractivity (Wildman–Crippen MR) is 117 cm³/mol. The molecule has 0 bridgehead atoms. The quantitative estimate of drug-likeness (QED) is 0.389. The first-order valence-electron chi connectivity index (χ1n) is 10.8. The molecule has 1 fully saturated rings. The second-order valence-electron chi connectivity index (χ2n) is 7.96. The van der Waals surface area contributed by atoms with Gasteiger partial charge in [-0.15, -0.1) is 13.2 Å². The standard InChI is InChI=1S/C23H19F3N6O4/c1-13-11-17(32-27-8-9-28-32)15(12-19(13)34-2)22(33)31-10-7-16(31)21-29-20(30-36-21)14-5-3-4-6-18(14)35-23(24,25)26/h3-6,8-9,11-12,16H,7,10H2,1-2H3/t16-/m0/s1. The highest BCUT2D eigenvalue weighted by molar-refractivity contribution is 5.99. The predicted octanol–water partition coefficient (Wildman–Crippen LogP) is 4.12. The molecular weight excluding hydrogens is 481 g/mol. The van der Waals surface area contributed by atoms with Crippen LogP contribution in [-0.4, -0.2) is 56.0 Å². The number of aryl methyl sites for hydroxylation is 1. The SMILES string of the molecule is COc1cc(C(=O)N2CC[C@H]2c2nc(-c3ccccc3OC(F)(F)F)no2)c(-n2nccn2)cc1C. The number of hydrogen-bond acceptors (Lipinski definition) is 8. The zero-order valence-corrected chi connectivity index (χ0v) is 19.1. The molecule has 186 valence electrons. The summed E-state index contributed by atoms with van der Waals surface area (Å²) in [4.78, 5) is 20.7. The second-order valence-corrected chi connectivity index (χ2v) is 7.96. The van der Waals surface area contributed by atoms with Gasteiger partial charge in [0.1, 0.15) is 17.5 Å². The van der Waals surface area contributed by atoms with E-state index >= 15 is 0 Å². The van der Waals surface area contributed by atoms with Gasteiger partial charge in [-0.1, -0.05) is 17.3 Å². The Hall–Kier alpha value is -4.42. The van der Waals surface area contributed by atoms with E-state index in [1.807, 2.05) is 6.92 Å². The van der Waals surface area contributed by atoms with Crippen molar-refractivity contribution in [2.24, 2.45) is 0 Å². The Labute approximate surface area is 202 Å². The summed E-state index contributed by atoms with van der Waals surface area (Å²) in [5.41, 5.74) is 1.58. The van der Waals surface area contributed by atoms with Gasteiger partial charge in [-0.05, 0) is 43.2 Å². The van der Waals surface area contributed by atoms with Crippen molar-refractivity contribution in [3.8, 4) is 28.6 Å². The second kappa shape index (κ2) is 8.98. The third-order valence-electron chi connectivity index (χ3n) is 5.74. The Morgan fingerprint density at radius 1 is 1.14 bits per heavy atom. The summed E-state index contributed by atoms with van der Waals surface area (Å²) in [6, 6.07) is 8.30. The highest BCUT2D eigenvalue weighted by atomic mass is 19.4. The lowest BCUT2D eigenvalue weighted by Crippen LogP contribution is -2.45. The van der Waals surface area contributed by atoms with Gasteiger partial charge in [0.15, 0.2) is 0 Å². The molecule has 2 aromatic carbocycles. The van der Waals surface area contributed by atoms with Crippen molar-refractivity contribution in [3.63, 3.8) is 0 Å². The molecule has 13 heteroatoms. The van der Waals surface area contributed by atoms with Crippen LogP contribution >= 0.6 is 0 Å². The number of nitrogens with zero attached hydrogens (tertiary/aromatic N) is 6. The van der Waals surface area contributed by atoms with E-state index < -0.39 is 18.2 Å². The maximum Gasteiger partial charge on any atom is 0.573 e. The van der Waals surface area contributed by atoms with Gasteiger partial charge in [0, 0.05) is 6.54 Å². The molecule has 0 saturated carbocycles. The lowest BCUT2D eigenvalue weighted by molar-refractivity contribution is -0.274. The molecule has 0 radical (unpaired) electrons. The normalized spacial score (nSPS) is 15.5. The van der Waals surface area contributed by atoms with Crippen LogP contribution in [0, 0.1) is 6.92 Å². The zero-order valence-electron chi connectivity index (χ0n) is 19.1. The Morgan fingerprint density at radius 3 is 2.56 bits per heavy atom. The van der Waals surface area contributed by atoms with Gasteiger partial charge in [0.05, 0.1) is 36.3 Å². The third kappa shape index (κ3) is 4.34. The number of carbonyl (C=O) groups excluding carboxylic acids is 1. The van der Waals surface area contributed by atoms with Crippen LogP contribution in [-0.2, 0) is 0 Å². The van der Waals surface area contributed by atoms with Crippen molar-refractivity contribution in [2.75, 3.05) is 13.7 Å². The van der Waals surface area contributed by atoms with Crippen LogP contribution in [0.4, 0.5) is 13.2 Å². The van der Waals surface area contributed by atoms with E-state index in [9.17, 15) is 18.0 Å². The number of carbonyl (C=O) groups is 1. The number of aromatic nitrogens is 5. The molecule has 4 aromatic rings.